The Hall–Kier alpha value is -2.19. The van der Waals surface area contributed by atoms with Crippen molar-refractivity contribution >= 4 is 33.6 Å². The smallest absolute Gasteiger partial charge is 0.254 e. The number of halogens is 1. The van der Waals surface area contributed by atoms with E-state index >= 15 is 0 Å². The second-order valence-corrected chi connectivity index (χ2v) is 7.97. The molecular formula is C20H24BrN5O2. The van der Waals surface area contributed by atoms with Gasteiger partial charge >= 0.3 is 0 Å². The van der Waals surface area contributed by atoms with Crippen molar-refractivity contribution in [2.45, 2.75) is 6.92 Å². The molecule has 0 radical (unpaired) electrons. The fraction of sp³-hybridized carbons (Fsp3) is 0.450. The highest BCUT2D eigenvalue weighted by atomic mass is 79.9. The lowest BCUT2D eigenvalue weighted by atomic mass is 10.2. The average molecular weight is 446 g/mol. The van der Waals surface area contributed by atoms with E-state index in [0.29, 0.717) is 18.7 Å². The van der Waals surface area contributed by atoms with E-state index in [-0.39, 0.29) is 5.91 Å². The molecule has 1 aromatic heterocycles. The molecule has 2 aliphatic rings. The summed E-state index contributed by atoms with van der Waals surface area (Å²) in [5.41, 5.74) is 1.67. The molecule has 28 heavy (non-hydrogen) atoms. The third-order valence-corrected chi connectivity index (χ3v) is 5.58. The highest BCUT2D eigenvalue weighted by Gasteiger charge is 2.24. The molecule has 0 N–H and O–H groups in total. The molecule has 0 aliphatic carbocycles. The topological polar surface area (TPSA) is 61.8 Å². The predicted octanol–water partition coefficient (Wildman–Crippen LogP) is 2.35. The molecule has 0 spiro atoms. The first kappa shape index (κ1) is 19.1. The van der Waals surface area contributed by atoms with Crippen molar-refractivity contribution in [2.24, 2.45) is 0 Å². The molecule has 0 unspecified atom stereocenters. The number of benzene rings is 1. The van der Waals surface area contributed by atoms with Gasteiger partial charge in [0.05, 0.1) is 13.2 Å². The minimum absolute atomic E-state index is 0.0696. The Morgan fingerprint density at radius 1 is 1.00 bits per heavy atom. The van der Waals surface area contributed by atoms with Crippen LogP contribution in [0.3, 0.4) is 0 Å². The number of nitrogens with zero attached hydrogens (tertiary/aromatic N) is 5. The molecule has 1 amide bonds. The Balaban J connectivity index is 1.43. The average Bonchev–Trinajstić information content (AvgIpc) is 2.73. The van der Waals surface area contributed by atoms with Gasteiger partial charge in [-0.25, -0.2) is 4.98 Å². The number of amides is 1. The van der Waals surface area contributed by atoms with E-state index in [1.54, 1.807) is 0 Å². The third kappa shape index (κ3) is 4.28. The number of aryl methyl sites for hydroxylation is 1. The molecule has 4 rings (SSSR count). The number of carbonyl (C=O) groups excluding carboxylic acids is 1. The number of hydrogen-bond donors (Lipinski definition) is 0. The lowest BCUT2D eigenvalue weighted by Gasteiger charge is -2.35. The van der Waals surface area contributed by atoms with Crippen molar-refractivity contribution in [1.29, 1.82) is 0 Å². The Labute approximate surface area is 173 Å². The van der Waals surface area contributed by atoms with Gasteiger partial charge in [-0.2, -0.15) is 4.98 Å². The standard InChI is InChI=1S/C20H24BrN5O2/c1-15-13-18(24-9-11-28-12-10-24)23-20(22-15)26-7-5-25(6-8-26)19(27)16-3-2-4-17(21)14-16/h2-4,13-14H,5-12H2,1H3. The molecule has 1 aromatic carbocycles. The fourth-order valence-corrected chi connectivity index (χ4v) is 3.95. The van der Waals surface area contributed by atoms with Crippen molar-refractivity contribution in [3.05, 3.63) is 46.1 Å². The molecule has 0 bridgehead atoms. The summed E-state index contributed by atoms with van der Waals surface area (Å²) in [5, 5.41) is 0. The lowest BCUT2D eigenvalue weighted by molar-refractivity contribution is 0.0746. The molecule has 0 atom stereocenters. The van der Waals surface area contributed by atoms with E-state index in [1.807, 2.05) is 42.2 Å². The van der Waals surface area contributed by atoms with Crippen molar-refractivity contribution in [1.82, 2.24) is 14.9 Å². The maximum atomic E-state index is 12.7. The van der Waals surface area contributed by atoms with E-state index in [2.05, 4.69) is 30.7 Å². The maximum absolute atomic E-state index is 12.7. The summed E-state index contributed by atoms with van der Waals surface area (Å²) in [5.74, 6) is 1.77. The summed E-state index contributed by atoms with van der Waals surface area (Å²) in [7, 11) is 0. The number of rotatable bonds is 3. The molecule has 2 fully saturated rings. The predicted molar refractivity (Wildman–Crippen MR) is 112 cm³/mol. The summed E-state index contributed by atoms with van der Waals surface area (Å²) in [6.07, 6.45) is 0. The van der Waals surface area contributed by atoms with Crippen LogP contribution < -0.4 is 9.80 Å². The highest BCUT2D eigenvalue weighted by Crippen LogP contribution is 2.20. The molecule has 2 aliphatic heterocycles. The van der Waals surface area contributed by atoms with Gasteiger partial charge in [-0.1, -0.05) is 22.0 Å². The Morgan fingerprint density at radius 2 is 1.75 bits per heavy atom. The SMILES string of the molecule is Cc1cc(N2CCOCC2)nc(N2CCN(C(=O)c3cccc(Br)c3)CC2)n1. The largest absolute Gasteiger partial charge is 0.378 e. The van der Waals surface area contributed by atoms with E-state index in [4.69, 9.17) is 9.72 Å². The van der Waals surface area contributed by atoms with Crippen LogP contribution in [0.1, 0.15) is 16.1 Å². The van der Waals surface area contributed by atoms with Gasteiger partial charge in [-0.3, -0.25) is 4.79 Å². The summed E-state index contributed by atoms with van der Waals surface area (Å²) < 4.78 is 6.36. The minimum atomic E-state index is 0.0696. The molecule has 2 aromatic rings. The number of morpholine rings is 1. The van der Waals surface area contributed by atoms with Gasteiger partial charge < -0.3 is 19.4 Å². The Morgan fingerprint density at radius 3 is 2.46 bits per heavy atom. The van der Waals surface area contributed by atoms with Crippen molar-refractivity contribution < 1.29 is 9.53 Å². The van der Waals surface area contributed by atoms with Gasteiger partial charge in [-0.15, -0.1) is 0 Å². The molecule has 3 heterocycles. The van der Waals surface area contributed by atoms with Gasteiger partial charge in [-0.05, 0) is 25.1 Å². The first-order valence-corrected chi connectivity index (χ1v) is 10.4. The minimum Gasteiger partial charge on any atom is -0.378 e. The number of piperazine rings is 1. The summed E-state index contributed by atoms with van der Waals surface area (Å²) in [6, 6.07) is 9.57. The molecule has 2 saturated heterocycles. The number of anilines is 2. The van der Waals surface area contributed by atoms with Crippen LogP contribution in [0, 0.1) is 6.92 Å². The molecule has 8 heteroatoms. The summed E-state index contributed by atoms with van der Waals surface area (Å²) >= 11 is 3.43. The Bertz CT molecular complexity index is 848. The summed E-state index contributed by atoms with van der Waals surface area (Å²) in [6.45, 7) is 7.95. The van der Waals surface area contributed by atoms with Crippen LogP contribution in [0.2, 0.25) is 0 Å². The lowest BCUT2D eigenvalue weighted by Crippen LogP contribution is -2.49. The van der Waals surface area contributed by atoms with E-state index in [1.165, 1.54) is 0 Å². The van der Waals surface area contributed by atoms with Gasteiger partial charge in [0.25, 0.3) is 5.91 Å². The first-order chi connectivity index (χ1) is 13.6. The molecular weight excluding hydrogens is 422 g/mol. The van der Waals surface area contributed by atoms with Crippen molar-refractivity contribution in [3.63, 3.8) is 0 Å². The quantitative estimate of drug-likeness (QED) is 0.722. The second kappa shape index (κ2) is 8.45. The van der Waals surface area contributed by atoms with Crippen LogP contribution in [0.15, 0.2) is 34.8 Å². The van der Waals surface area contributed by atoms with Crippen LogP contribution in [-0.2, 0) is 4.74 Å². The van der Waals surface area contributed by atoms with E-state index in [9.17, 15) is 4.79 Å². The normalized spacial score (nSPS) is 17.7. The van der Waals surface area contributed by atoms with Crippen LogP contribution in [0.5, 0.6) is 0 Å². The number of ether oxygens (including phenoxy) is 1. The van der Waals surface area contributed by atoms with Crippen LogP contribution >= 0.6 is 15.9 Å². The first-order valence-electron chi connectivity index (χ1n) is 9.58. The van der Waals surface area contributed by atoms with E-state index < -0.39 is 0 Å². The molecule has 7 nitrogen and oxygen atoms in total. The zero-order valence-electron chi connectivity index (χ0n) is 16.0. The van der Waals surface area contributed by atoms with E-state index in [0.717, 1.165) is 61.3 Å². The maximum Gasteiger partial charge on any atom is 0.254 e. The van der Waals surface area contributed by atoms with Crippen molar-refractivity contribution in [2.75, 3.05) is 62.3 Å². The summed E-state index contributed by atoms with van der Waals surface area (Å²) in [4.78, 5) is 28.5. The van der Waals surface area contributed by atoms with Crippen molar-refractivity contribution in [3.8, 4) is 0 Å². The van der Waals surface area contributed by atoms with Crippen LogP contribution in [0.4, 0.5) is 11.8 Å². The van der Waals surface area contributed by atoms with Gasteiger partial charge in [0.2, 0.25) is 5.95 Å². The third-order valence-electron chi connectivity index (χ3n) is 5.09. The fourth-order valence-electron chi connectivity index (χ4n) is 3.55. The van der Waals surface area contributed by atoms with Gasteiger partial charge in [0.15, 0.2) is 0 Å². The zero-order chi connectivity index (χ0) is 19.5. The van der Waals surface area contributed by atoms with Gasteiger partial charge in [0, 0.05) is 61.1 Å². The highest BCUT2D eigenvalue weighted by molar-refractivity contribution is 9.10. The number of hydrogen-bond acceptors (Lipinski definition) is 6. The van der Waals surface area contributed by atoms with Crippen LogP contribution in [-0.4, -0.2) is 73.3 Å². The Kier molecular flexibility index (Phi) is 5.77. The monoisotopic (exact) mass is 445 g/mol. The van der Waals surface area contributed by atoms with Gasteiger partial charge in [0.1, 0.15) is 5.82 Å². The second-order valence-electron chi connectivity index (χ2n) is 7.06. The number of aromatic nitrogens is 2. The van der Waals surface area contributed by atoms with Crippen LogP contribution in [0.25, 0.3) is 0 Å². The molecule has 0 saturated carbocycles. The zero-order valence-corrected chi connectivity index (χ0v) is 17.6. The molecule has 148 valence electrons. The number of carbonyl (C=O) groups is 1.